The number of rotatable bonds is 1. The Hall–Kier alpha value is -0.780. The van der Waals surface area contributed by atoms with Crippen molar-refractivity contribution in [1.29, 1.82) is 0 Å². The number of aromatic nitrogens is 1. The van der Waals surface area contributed by atoms with Crippen molar-refractivity contribution in [2.24, 2.45) is 0 Å². The van der Waals surface area contributed by atoms with Crippen LogP contribution >= 0.6 is 15.9 Å². The Morgan fingerprint density at radius 2 is 2.08 bits per heavy atom. The van der Waals surface area contributed by atoms with Gasteiger partial charge in [0.2, 0.25) is 5.95 Å². The van der Waals surface area contributed by atoms with E-state index in [9.17, 15) is 13.2 Å². The van der Waals surface area contributed by atoms with Crippen molar-refractivity contribution in [3.05, 3.63) is 22.2 Å². The van der Waals surface area contributed by atoms with Crippen molar-refractivity contribution in [2.75, 3.05) is 5.73 Å². The molecule has 66 valence electrons. The zero-order chi connectivity index (χ0) is 9.30. The molecule has 0 spiro atoms. The van der Waals surface area contributed by atoms with Gasteiger partial charge in [-0.25, -0.2) is 13.8 Å². The Balaban J connectivity index is 3.33. The van der Waals surface area contributed by atoms with Gasteiger partial charge in [-0.1, -0.05) is 0 Å². The fourth-order valence-corrected chi connectivity index (χ4v) is 1.20. The molecule has 2 nitrogen and oxygen atoms in total. The van der Waals surface area contributed by atoms with E-state index in [2.05, 4.69) is 20.9 Å². The normalized spacial score (nSPS) is 10.8. The highest BCUT2D eigenvalue weighted by molar-refractivity contribution is 9.10. The summed E-state index contributed by atoms with van der Waals surface area (Å²) in [6, 6.07) is 0. The van der Waals surface area contributed by atoms with Gasteiger partial charge in [-0.3, -0.25) is 0 Å². The van der Waals surface area contributed by atoms with Crippen molar-refractivity contribution in [1.82, 2.24) is 4.98 Å². The summed E-state index contributed by atoms with van der Waals surface area (Å²) in [6.45, 7) is 0. The minimum Gasteiger partial charge on any atom is -0.395 e. The molecule has 2 N–H and O–H groups in total. The van der Waals surface area contributed by atoms with Gasteiger partial charge >= 0.3 is 0 Å². The summed E-state index contributed by atoms with van der Waals surface area (Å²) in [7, 11) is 0. The molecule has 1 aromatic rings. The Labute approximate surface area is 74.7 Å². The van der Waals surface area contributed by atoms with Crippen LogP contribution in [-0.4, -0.2) is 4.98 Å². The number of pyridine rings is 1. The molecular formula is C6H4BrF3N2. The number of anilines is 1. The lowest BCUT2D eigenvalue weighted by Gasteiger charge is -2.06. The molecule has 1 rings (SSSR count). The van der Waals surface area contributed by atoms with E-state index in [0.717, 1.165) is 6.20 Å². The summed E-state index contributed by atoms with van der Waals surface area (Å²) in [5, 5.41) is 0. The Kier molecular flexibility index (Phi) is 2.56. The van der Waals surface area contributed by atoms with E-state index in [0.29, 0.717) is 0 Å². The number of nitrogens with two attached hydrogens (primary N) is 1. The Morgan fingerprint density at radius 3 is 2.50 bits per heavy atom. The zero-order valence-electron chi connectivity index (χ0n) is 5.69. The molecule has 0 aromatic carbocycles. The van der Waals surface area contributed by atoms with Crippen LogP contribution in [0.15, 0.2) is 10.7 Å². The molecule has 0 saturated heterocycles. The highest BCUT2D eigenvalue weighted by Crippen LogP contribution is 2.32. The Bertz CT molecular complexity index is 303. The highest BCUT2D eigenvalue weighted by Gasteiger charge is 2.18. The van der Waals surface area contributed by atoms with Gasteiger partial charge in [-0.05, 0) is 15.9 Å². The molecule has 6 heteroatoms. The summed E-state index contributed by atoms with van der Waals surface area (Å²) < 4.78 is 36.9. The molecule has 0 aliphatic rings. The summed E-state index contributed by atoms with van der Waals surface area (Å²) in [6.07, 6.45) is -1.86. The van der Waals surface area contributed by atoms with Gasteiger partial charge in [-0.2, -0.15) is 4.39 Å². The number of nitrogens with zero attached hydrogens (tertiary/aromatic N) is 1. The first kappa shape index (κ1) is 9.31. The van der Waals surface area contributed by atoms with E-state index < -0.39 is 23.6 Å². The van der Waals surface area contributed by atoms with Crippen LogP contribution in [0.3, 0.4) is 0 Å². The maximum atomic E-state index is 12.5. The standard InChI is InChI=1S/C6H4BrF3N2/c7-2-1-12-6(10)4(11)3(2)5(8)9/h1,5H,11H2. The fourth-order valence-electron chi connectivity index (χ4n) is 0.714. The Morgan fingerprint density at radius 1 is 1.50 bits per heavy atom. The molecule has 0 fully saturated rings. The molecule has 0 unspecified atom stereocenters. The second-order valence-corrected chi connectivity index (χ2v) is 2.88. The molecule has 1 aromatic heterocycles. The number of nitrogen functional groups attached to an aromatic ring is 1. The molecule has 0 aliphatic carbocycles. The lowest BCUT2D eigenvalue weighted by molar-refractivity contribution is 0.151. The summed E-state index contributed by atoms with van der Waals surface area (Å²) in [5.41, 5.74) is 3.87. The maximum absolute atomic E-state index is 12.5. The summed E-state index contributed by atoms with van der Waals surface area (Å²) in [5.74, 6) is -1.08. The van der Waals surface area contributed by atoms with Gasteiger partial charge in [0, 0.05) is 10.7 Å². The van der Waals surface area contributed by atoms with Crippen molar-refractivity contribution in [3.63, 3.8) is 0 Å². The second-order valence-electron chi connectivity index (χ2n) is 2.02. The van der Waals surface area contributed by atoms with Crippen molar-refractivity contribution in [2.45, 2.75) is 6.43 Å². The SMILES string of the molecule is Nc1c(F)ncc(Br)c1C(F)F. The molecule has 1 heterocycles. The van der Waals surface area contributed by atoms with Crippen LogP contribution in [0.25, 0.3) is 0 Å². The third-order valence-electron chi connectivity index (χ3n) is 1.28. The van der Waals surface area contributed by atoms with Crippen LogP contribution in [0.1, 0.15) is 12.0 Å². The van der Waals surface area contributed by atoms with Crippen molar-refractivity contribution in [3.8, 4) is 0 Å². The molecular weight excluding hydrogens is 237 g/mol. The summed E-state index contributed by atoms with van der Waals surface area (Å²) in [4.78, 5) is 3.15. The monoisotopic (exact) mass is 240 g/mol. The molecule has 0 radical (unpaired) electrons. The van der Waals surface area contributed by atoms with Crippen molar-refractivity contribution < 1.29 is 13.2 Å². The third-order valence-corrected chi connectivity index (χ3v) is 1.91. The van der Waals surface area contributed by atoms with Crippen LogP contribution in [0.5, 0.6) is 0 Å². The second kappa shape index (κ2) is 3.30. The largest absolute Gasteiger partial charge is 0.395 e. The molecule has 0 amide bonds. The molecule has 0 aliphatic heterocycles. The van der Waals surface area contributed by atoms with E-state index in [4.69, 9.17) is 5.73 Å². The predicted octanol–water partition coefficient (Wildman–Crippen LogP) is 2.50. The molecule has 0 atom stereocenters. The topological polar surface area (TPSA) is 38.9 Å². The number of hydrogen-bond donors (Lipinski definition) is 1. The minimum atomic E-state index is -2.81. The van der Waals surface area contributed by atoms with Gasteiger partial charge < -0.3 is 5.73 Å². The quantitative estimate of drug-likeness (QED) is 0.767. The number of halogens is 4. The third kappa shape index (κ3) is 1.52. The number of alkyl halides is 2. The summed E-state index contributed by atoms with van der Waals surface area (Å²) >= 11 is 2.79. The predicted molar refractivity (Wildman–Crippen MR) is 41.3 cm³/mol. The maximum Gasteiger partial charge on any atom is 0.267 e. The number of hydrogen-bond acceptors (Lipinski definition) is 2. The van der Waals surface area contributed by atoms with E-state index >= 15 is 0 Å². The van der Waals surface area contributed by atoms with Crippen LogP contribution < -0.4 is 5.73 Å². The first-order valence-electron chi connectivity index (χ1n) is 2.91. The van der Waals surface area contributed by atoms with Gasteiger partial charge in [0.1, 0.15) is 0 Å². The lowest BCUT2D eigenvalue weighted by Crippen LogP contribution is -2.01. The van der Waals surface area contributed by atoms with E-state index in [1.54, 1.807) is 0 Å². The van der Waals surface area contributed by atoms with E-state index in [-0.39, 0.29) is 4.47 Å². The van der Waals surface area contributed by atoms with Crippen LogP contribution in [0.2, 0.25) is 0 Å². The van der Waals surface area contributed by atoms with Gasteiger partial charge in [0.25, 0.3) is 6.43 Å². The lowest BCUT2D eigenvalue weighted by atomic mass is 10.2. The fraction of sp³-hybridized carbons (Fsp3) is 0.167. The molecule has 0 bridgehead atoms. The first-order valence-corrected chi connectivity index (χ1v) is 3.71. The van der Waals surface area contributed by atoms with Crippen LogP contribution in [0.4, 0.5) is 18.9 Å². The molecule has 12 heavy (non-hydrogen) atoms. The first-order chi connectivity index (χ1) is 5.54. The smallest absolute Gasteiger partial charge is 0.267 e. The van der Waals surface area contributed by atoms with Crippen molar-refractivity contribution >= 4 is 21.6 Å². The molecule has 0 saturated carbocycles. The zero-order valence-corrected chi connectivity index (χ0v) is 7.28. The van der Waals surface area contributed by atoms with Gasteiger partial charge in [-0.15, -0.1) is 0 Å². The highest BCUT2D eigenvalue weighted by atomic mass is 79.9. The van der Waals surface area contributed by atoms with Gasteiger partial charge in [0.05, 0.1) is 11.3 Å². The van der Waals surface area contributed by atoms with Gasteiger partial charge in [0.15, 0.2) is 0 Å². The van der Waals surface area contributed by atoms with Crippen LogP contribution in [-0.2, 0) is 0 Å². The average Bonchev–Trinajstić information content (AvgIpc) is 1.97. The minimum absolute atomic E-state index is 0.0106. The van der Waals surface area contributed by atoms with E-state index in [1.165, 1.54) is 0 Å². The average molecular weight is 241 g/mol. The van der Waals surface area contributed by atoms with Crippen LogP contribution in [0, 0.1) is 5.95 Å². The van der Waals surface area contributed by atoms with E-state index in [1.807, 2.05) is 0 Å².